The van der Waals surface area contributed by atoms with Gasteiger partial charge in [-0.1, -0.05) is 35.9 Å². The summed E-state index contributed by atoms with van der Waals surface area (Å²) in [6, 6.07) is 15.5. The fourth-order valence-corrected chi connectivity index (χ4v) is 6.03. The number of anilines is 2. The zero-order chi connectivity index (χ0) is 19.7. The van der Waals surface area contributed by atoms with Gasteiger partial charge in [0.1, 0.15) is 0 Å². The predicted octanol–water partition coefficient (Wildman–Crippen LogP) is 2.97. The van der Waals surface area contributed by atoms with Crippen LogP contribution in [0.25, 0.3) is 0 Å². The molecule has 2 aromatic carbocycles. The Morgan fingerprint density at radius 3 is 2.68 bits per heavy atom. The SMILES string of the molecule is Cc1ccc2c(c1)CCCN2CC(=O)N(c1ccccc1)[C@H]1CCS(=O)(=O)C1. The Morgan fingerprint density at radius 1 is 1.18 bits per heavy atom. The molecule has 0 radical (unpaired) electrons. The van der Waals surface area contributed by atoms with E-state index in [0.29, 0.717) is 6.42 Å². The summed E-state index contributed by atoms with van der Waals surface area (Å²) in [5.74, 6) is 0.158. The number of carbonyl (C=O) groups is 1. The van der Waals surface area contributed by atoms with Gasteiger partial charge in [0.25, 0.3) is 0 Å². The number of para-hydroxylation sites is 1. The van der Waals surface area contributed by atoms with E-state index in [1.165, 1.54) is 11.1 Å². The molecule has 0 spiro atoms. The Kier molecular flexibility index (Phi) is 5.15. The molecule has 0 N–H and O–H groups in total. The highest BCUT2D eigenvalue weighted by atomic mass is 32.2. The van der Waals surface area contributed by atoms with Crippen LogP contribution in [0.5, 0.6) is 0 Å². The van der Waals surface area contributed by atoms with Crippen molar-refractivity contribution in [3.63, 3.8) is 0 Å². The third kappa shape index (κ3) is 3.92. The van der Waals surface area contributed by atoms with Crippen molar-refractivity contribution in [2.24, 2.45) is 0 Å². The number of fused-ring (bicyclic) bond motifs is 1. The fourth-order valence-electron chi connectivity index (χ4n) is 4.33. The summed E-state index contributed by atoms with van der Waals surface area (Å²) in [6.45, 7) is 3.19. The lowest BCUT2D eigenvalue weighted by molar-refractivity contribution is -0.117. The van der Waals surface area contributed by atoms with Gasteiger partial charge in [0.2, 0.25) is 5.91 Å². The highest BCUT2D eigenvalue weighted by Crippen LogP contribution is 2.29. The average Bonchev–Trinajstić information content (AvgIpc) is 3.02. The van der Waals surface area contributed by atoms with Crippen LogP contribution in [0.4, 0.5) is 11.4 Å². The summed E-state index contributed by atoms with van der Waals surface area (Å²) < 4.78 is 24.1. The van der Waals surface area contributed by atoms with E-state index in [0.717, 1.165) is 30.8 Å². The fraction of sp³-hybridized carbons (Fsp3) is 0.409. The van der Waals surface area contributed by atoms with Crippen LogP contribution in [0, 0.1) is 6.92 Å². The maximum Gasteiger partial charge on any atom is 0.246 e. The lowest BCUT2D eigenvalue weighted by Gasteiger charge is -2.35. The smallest absolute Gasteiger partial charge is 0.246 e. The molecule has 148 valence electrons. The molecule has 6 heteroatoms. The zero-order valence-corrected chi connectivity index (χ0v) is 17.0. The van der Waals surface area contributed by atoms with Gasteiger partial charge in [-0.05, 0) is 49.9 Å². The van der Waals surface area contributed by atoms with Crippen LogP contribution in [0.3, 0.4) is 0 Å². The van der Waals surface area contributed by atoms with Crippen LogP contribution in [-0.2, 0) is 21.1 Å². The van der Waals surface area contributed by atoms with Crippen molar-refractivity contribution in [3.05, 3.63) is 59.7 Å². The van der Waals surface area contributed by atoms with E-state index in [4.69, 9.17) is 0 Å². The van der Waals surface area contributed by atoms with Gasteiger partial charge in [0.15, 0.2) is 9.84 Å². The Hall–Kier alpha value is -2.34. The maximum atomic E-state index is 13.4. The Labute approximate surface area is 166 Å². The molecule has 28 heavy (non-hydrogen) atoms. The van der Waals surface area contributed by atoms with Crippen LogP contribution in [0.15, 0.2) is 48.5 Å². The Morgan fingerprint density at radius 2 is 1.96 bits per heavy atom. The molecule has 2 heterocycles. The van der Waals surface area contributed by atoms with E-state index in [-0.39, 0.29) is 30.0 Å². The number of rotatable bonds is 4. The largest absolute Gasteiger partial charge is 0.362 e. The van der Waals surface area contributed by atoms with Gasteiger partial charge in [0.05, 0.1) is 24.1 Å². The van der Waals surface area contributed by atoms with Gasteiger partial charge < -0.3 is 9.80 Å². The van der Waals surface area contributed by atoms with E-state index in [9.17, 15) is 13.2 Å². The van der Waals surface area contributed by atoms with Crippen LogP contribution < -0.4 is 9.80 Å². The molecule has 1 saturated heterocycles. The molecule has 0 unspecified atom stereocenters. The molecule has 2 aromatic rings. The zero-order valence-electron chi connectivity index (χ0n) is 16.2. The molecular weight excluding hydrogens is 372 g/mol. The molecule has 4 rings (SSSR count). The number of nitrogens with zero attached hydrogens (tertiary/aromatic N) is 2. The first kappa shape index (κ1) is 19.0. The molecule has 1 amide bonds. The summed E-state index contributed by atoms with van der Waals surface area (Å²) in [4.78, 5) is 17.2. The number of aryl methyl sites for hydroxylation is 2. The highest BCUT2D eigenvalue weighted by molar-refractivity contribution is 7.91. The molecule has 0 aromatic heterocycles. The molecular formula is C22H26N2O3S. The van der Waals surface area contributed by atoms with Crippen molar-refractivity contribution >= 4 is 27.1 Å². The quantitative estimate of drug-likeness (QED) is 0.795. The lowest BCUT2D eigenvalue weighted by Crippen LogP contribution is -2.47. The number of benzene rings is 2. The number of hydrogen-bond donors (Lipinski definition) is 0. The van der Waals surface area contributed by atoms with Crippen LogP contribution in [0.2, 0.25) is 0 Å². The monoisotopic (exact) mass is 398 g/mol. The minimum absolute atomic E-state index is 0.0401. The normalized spacial score (nSPS) is 20.6. The van der Waals surface area contributed by atoms with Crippen molar-refractivity contribution in [2.45, 2.75) is 32.2 Å². The minimum Gasteiger partial charge on any atom is -0.362 e. The van der Waals surface area contributed by atoms with E-state index in [2.05, 4.69) is 30.0 Å². The Bertz CT molecular complexity index is 973. The van der Waals surface area contributed by atoms with Crippen molar-refractivity contribution in [2.75, 3.05) is 34.4 Å². The summed E-state index contributed by atoms with van der Waals surface area (Å²) in [6.07, 6.45) is 2.55. The van der Waals surface area contributed by atoms with Gasteiger partial charge in [-0.15, -0.1) is 0 Å². The van der Waals surface area contributed by atoms with Gasteiger partial charge in [-0.25, -0.2) is 8.42 Å². The van der Waals surface area contributed by atoms with Crippen LogP contribution in [-0.4, -0.2) is 45.0 Å². The molecule has 0 bridgehead atoms. The summed E-state index contributed by atoms with van der Waals surface area (Å²) in [7, 11) is -3.08. The standard InChI is InChI=1S/C22H26N2O3S/c1-17-9-10-21-18(14-17)6-5-12-23(21)15-22(25)24(19-7-3-2-4-8-19)20-11-13-28(26,27)16-20/h2-4,7-10,14,20H,5-6,11-13,15-16H2,1H3/t20-/m0/s1. The van der Waals surface area contributed by atoms with Gasteiger partial charge in [-0.2, -0.15) is 0 Å². The average molecular weight is 399 g/mol. The molecule has 2 aliphatic rings. The van der Waals surface area contributed by atoms with Gasteiger partial charge in [0, 0.05) is 17.9 Å². The third-order valence-corrected chi connectivity index (χ3v) is 7.40. The summed E-state index contributed by atoms with van der Waals surface area (Å²) in [5, 5.41) is 0. The van der Waals surface area contributed by atoms with Crippen molar-refractivity contribution < 1.29 is 13.2 Å². The van der Waals surface area contributed by atoms with Crippen LogP contribution >= 0.6 is 0 Å². The predicted molar refractivity (Wildman–Crippen MR) is 113 cm³/mol. The first-order chi connectivity index (χ1) is 13.4. The molecule has 1 fully saturated rings. The van der Waals surface area contributed by atoms with Crippen molar-refractivity contribution in [3.8, 4) is 0 Å². The number of sulfone groups is 1. The Balaban J connectivity index is 1.61. The molecule has 2 aliphatic heterocycles. The molecule has 0 saturated carbocycles. The number of amides is 1. The first-order valence-corrected chi connectivity index (χ1v) is 11.7. The molecule has 5 nitrogen and oxygen atoms in total. The first-order valence-electron chi connectivity index (χ1n) is 9.85. The van der Waals surface area contributed by atoms with Crippen LogP contribution in [0.1, 0.15) is 24.0 Å². The number of hydrogen-bond acceptors (Lipinski definition) is 4. The molecule has 0 aliphatic carbocycles. The maximum absolute atomic E-state index is 13.4. The highest BCUT2D eigenvalue weighted by Gasteiger charge is 2.36. The van der Waals surface area contributed by atoms with E-state index >= 15 is 0 Å². The topological polar surface area (TPSA) is 57.7 Å². The minimum atomic E-state index is -3.08. The second-order valence-electron chi connectivity index (χ2n) is 7.81. The second kappa shape index (κ2) is 7.59. The van der Waals surface area contributed by atoms with Gasteiger partial charge >= 0.3 is 0 Å². The van der Waals surface area contributed by atoms with E-state index in [1.54, 1.807) is 4.90 Å². The summed E-state index contributed by atoms with van der Waals surface area (Å²) >= 11 is 0. The van der Waals surface area contributed by atoms with E-state index < -0.39 is 9.84 Å². The lowest BCUT2D eigenvalue weighted by atomic mass is 9.99. The van der Waals surface area contributed by atoms with Gasteiger partial charge in [-0.3, -0.25) is 4.79 Å². The van der Waals surface area contributed by atoms with E-state index in [1.807, 2.05) is 30.3 Å². The summed E-state index contributed by atoms with van der Waals surface area (Å²) in [5.41, 5.74) is 4.41. The second-order valence-corrected chi connectivity index (χ2v) is 10.0. The van der Waals surface area contributed by atoms with Crippen molar-refractivity contribution in [1.29, 1.82) is 0 Å². The van der Waals surface area contributed by atoms with Crippen molar-refractivity contribution in [1.82, 2.24) is 0 Å². The molecule has 1 atom stereocenters. The number of carbonyl (C=O) groups excluding carboxylic acids is 1. The third-order valence-electron chi connectivity index (χ3n) is 5.65.